The lowest BCUT2D eigenvalue weighted by atomic mass is 9.78. The number of hydrogen-bond acceptors (Lipinski definition) is 4. The average Bonchev–Trinajstić information content (AvgIpc) is 3.45. The van der Waals surface area contributed by atoms with Crippen molar-refractivity contribution in [2.75, 3.05) is 19.7 Å². The van der Waals surface area contributed by atoms with Crippen molar-refractivity contribution < 1.29 is 18.7 Å². The summed E-state index contributed by atoms with van der Waals surface area (Å²) in [6, 6.07) is 4.85. The van der Waals surface area contributed by atoms with E-state index in [-0.39, 0.29) is 65.7 Å². The lowest BCUT2D eigenvalue weighted by Crippen LogP contribution is -2.42. The largest absolute Gasteiger partial charge is 0.465 e. The van der Waals surface area contributed by atoms with Gasteiger partial charge in [0, 0.05) is 16.6 Å². The SMILES string of the molecule is Cl.O=C(OCCC1CCNCC1)[C@H]1[C@H](C(=O)NCc2ccc(Br)cc2F)[C@@H]2CC[C@H]1C21CC1. The van der Waals surface area contributed by atoms with Crippen LogP contribution >= 0.6 is 28.3 Å². The summed E-state index contributed by atoms with van der Waals surface area (Å²) in [5, 5.41) is 6.30. The van der Waals surface area contributed by atoms with Crippen LogP contribution in [0.2, 0.25) is 0 Å². The lowest BCUT2D eigenvalue weighted by Gasteiger charge is -2.29. The molecule has 1 spiro atoms. The molecule has 4 fully saturated rings. The van der Waals surface area contributed by atoms with Crippen molar-refractivity contribution in [2.24, 2.45) is 35.0 Å². The zero-order chi connectivity index (χ0) is 22.3. The number of carbonyl (C=O) groups excluding carboxylic acids is 2. The van der Waals surface area contributed by atoms with Gasteiger partial charge in [-0.1, -0.05) is 22.0 Å². The molecule has 1 amide bonds. The van der Waals surface area contributed by atoms with Gasteiger partial charge < -0.3 is 15.4 Å². The molecule has 0 aromatic heterocycles. The maximum Gasteiger partial charge on any atom is 0.310 e. The maximum atomic E-state index is 14.2. The van der Waals surface area contributed by atoms with Gasteiger partial charge in [-0.05, 0) is 93.3 Å². The Balaban J connectivity index is 0.00000259. The Bertz CT molecular complexity index is 890. The van der Waals surface area contributed by atoms with E-state index in [0.717, 1.165) is 58.0 Å². The molecule has 1 heterocycles. The van der Waals surface area contributed by atoms with Crippen molar-refractivity contribution in [3.8, 4) is 0 Å². The third-order valence-corrected chi connectivity index (χ3v) is 9.11. The molecule has 3 saturated carbocycles. The minimum Gasteiger partial charge on any atom is -0.465 e. The van der Waals surface area contributed by atoms with Crippen LogP contribution in [0.1, 0.15) is 50.5 Å². The van der Waals surface area contributed by atoms with Crippen molar-refractivity contribution in [1.82, 2.24) is 10.6 Å². The number of piperidine rings is 1. The first-order valence-corrected chi connectivity index (χ1v) is 12.9. The van der Waals surface area contributed by atoms with Gasteiger partial charge in [-0.2, -0.15) is 0 Å². The topological polar surface area (TPSA) is 67.4 Å². The molecular weight excluding hydrogens is 511 g/mol. The normalized spacial score (nSPS) is 29.5. The monoisotopic (exact) mass is 542 g/mol. The molecule has 2 N–H and O–H groups in total. The van der Waals surface area contributed by atoms with Crippen LogP contribution in [0.5, 0.6) is 0 Å². The third-order valence-electron chi connectivity index (χ3n) is 8.62. The Hall–Kier alpha value is -1.18. The van der Waals surface area contributed by atoms with Crippen LogP contribution in [-0.2, 0) is 20.9 Å². The summed E-state index contributed by atoms with van der Waals surface area (Å²) < 4.78 is 20.6. The Morgan fingerprint density at radius 3 is 2.48 bits per heavy atom. The zero-order valence-corrected chi connectivity index (χ0v) is 21.2. The average molecular weight is 544 g/mol. The summed E-state index contributed by atoms with van der Waals surface area (Å²) in [6.07, 6.45) is 7.43. The van der Waals surface area contributed by atoms with Crippen LogP contribution in [-0.4, -0.2) is 31.6 Å². The number of halogens is 3. The van der Waals surface area contributed by atoms with E-state index < -0.39 is 0 Å². The fourth-order valence-corrected chi connectivity index (χ4v) is 7.22. The van der Waals surface area contributed by atoms with Crippen LogP contribution in [0.25, 0.3) is 0 Å². The molecule has 2 bridgehead atoms. The second kappa shape index (κ2) is 10.2. The summed E-state index contributed by atoms with van der Waals surface area (Å²) in [7, 11) is 0. The summed E-state index contributed by atoms with van der Waals surface area (Å²) in [5.41, 5.74) is 0.621. The molecule has 182 valence electrons. The fraction of sp³-hybridized carbons (Fsp3) is 0.680. The minimum absolute atomic E-state index is 0. The summed E-state index contributed by atoms with van der Waals surface area (Å²) in [6.45, 7) is 2.66. The van der Waals surface area contributed by atoms with Crippen LogP contribution in [0.3, 0.4) is 0 Å². The van der Waals surface area contributed by atoms with E-state index in [1.807, 2.05) is 0 Å². The smallest absolute Gasteiger partial charge is 0.310 e. The number of esters is 1. The molecule has 33 heavy (non-hydrogen) atoms. The van der Waals surface area contributed by atoms with Crippen molar-refractivity contribution in [3.63, 3.8) is 0 Å². The van der Waals surface area contributed by atoms with Crippen LogP contribution in [0.15, 0.2) is 22.7 Å². The minimum atomic E-state index is -0.348. The van der Waals surface area contributed by atoms with Gasteiger partial charge in [0.15, 0.2) is 0 Å². The van der Waals surface area contributed by atoms with Gasteiger partial charge in [0.2, 0.25) is 5.91 Å². The van der Waals surface area contributed by atoms with Gasteiger partial charge in [0.05, 0.1) is 18.4 Å². The van der Waals surface area contributed by atoms with Gasteiger partial charge in [-0.3, -0.25) is 9.59 Å². The Labute approximate surface area is 209 Å². The van der Waals surface area contributed by atoms with E-state index in [0.29, 0.717) is 22.6 Å². The Morgan fingerprint density at radius 1 is 1.12 bits per heavy atom. The second-order valence-electron chi connectivity index (χ2n) is 10.2. The van der Waals surface area contributed by atoms with Crippen molar-refractivity contribution in [2.45, 2.75) is 51.5 Å². The van der Waals surface area contributed by atoms with Crippen LogP contribution in [0.4, 0.5) is 4.39 Å². The van der Waals surface area contributed by atoms with Crippen molar-refractivity contribution in [3.05, 3.63) is 34.1 Å². The molecule has 8 heteroatoms. The summed E-state index contributed by atoms with van der Waals surface area (Å²) >= 11 is 3.26. The van der Waals surface area contributed by atoms with Gasteiger partial charge in [-0.25, -0.2) is 4.39 Å². The third kappa shape index (κ3) is 4.83. The quantitative estimate of drug-likeness (QED) is 0.493. The predicted molar refractivity (Wildman–Crippen MR) is 129 cm³/mol. The van der Waals surface area contributed by atoms with E-state index in [4.69, 9.17) is 4.74 Å². The molecule has 1 aromatic rings. The molecule has 3 aliphatic carbocycles. The molecule has 5 nitrogen and oxygen atoms in total. The molecule has 4 aliphatic rings. The van der Waals surface area contributed by atoms with E-state index >= 15 is 0 Å². The molecule has 4 atom stereocenters. The highest BCUT2D eigenvalue weighted by Gasteiger charge is 2.71. The number of carbonyl (C=O) groups is 2. The number of hydrogen-bond donors (Lipinski definition) is 2. The van der Waals surface area contributed by atoms with Crippen LogP contribution < -0.4 is 10.6 Å². The van der Waals surface area contributed by atoms with Gasteiger partial charge in [0.25, 0.3) is 0 Å². The predicted octanol–water partition coefficient (Wildman–Crippen LogP) is 4.61. The van der Waals surface area contributed by atoms with E-state index in [1.165, 1.54) is 6.07 Å². The molecule has 5 rings (SSSR count). The molecule has 1 saturated heterocycles. The lowest BCUT2D eigenvalue weighted by molar-refractivity contribution is -0.156. The standard InChI is InChI=1S/C25H32BrFN2O3.ClH/c26-17-2-1-16(20(27)13-17)14-29-23(30)21-18-3-4-19(25(18)8-9-25)22(21)24(31)32-12-7-15-5-10-28-11-6-15;/h1-2,13,15,18-19,21-22,28H,3-12,14H2,(H,29,30);1H/t18-,19+,21+,22+;/m0./s1. The van der Waals surface area contributed by atoms with Crippen molar-refractivity contribution in [1.29, 1.82) is 0 Å². The Morgan fingerprint density at radius 2 is 1.82 bits per heavy atom. The number of benzene rings is 1. The number of amides is 1. The van der Waals surface area contributed by atoms with Gasteiger partial charge >= 0.3 is 5.97 Å². The molecular formula is C25H33BrClFN2O3. The Kier molecular flexibility index (Phi) is 7.71. The first kappa shape index (κ1) is 24.9. The zero-order valence-electron chi connectivity index (χ0n) is 18.8. The molecule has 0 radical (unpaired) electrons. The first-order valence-electron chi connectivity index (χ1n) is 12.1. The highest BCUT2D eigenvalue weighted by atomic mass is 79.9. The van der Waals surface area contributed by atoms with E-state index in [2.05, 4.69) is 26.6 Å². The van der Waals surface area contributed by atoms with Gasteiger partial charge in [0.1, 0.15) is 5.82 Å². The second-order valence-corrected chi connectivity index (χ2v) is 11.1. The van der Waals surface area contributed by atoms with Crippen molar-refractivity contribution >= 4 is 40.2 Å². The van der Waals surface area contributed by atoms with E-state index in [1.54, 1.807) is 12.1 Å². The summed E-state index contributed by atoms with van der Waals surface area (Å²) in [4.78, 5) is 26.5. The molecule has 0 unspecified atom stereocenters. The van der Waals surface area contributed by atoms with Gasteiger partial charge in [-0.15, -0.1) is 12.4 Å². The molecule has 1 aliphatic heterocycles. The molecule has 1 aromatic carbocycles. The van der Waals surface area contributed by atoms with Crippen LogP contribution in [0, 0.1) is 40.8 Å². The van der Waals surface area contributed by atoms with E-state index in [9.17, 15) is 14.0 Å². The number of rotatable bonds is 7. The maximum absolute atomic E-state index is 14.2. The number of ether oxygens (including phenoxy) is 1. The highest BCUT2D eigenvalue weighted by Crippen LogP contribution is 2.74. The number of nitrogens with one attached hydrogen (secondary N) is 2. The highest BCUT2D eigenvalue weighted by molar-refractivity contribution is 9.10. The summed E-state index contributed by atoms with van der Waals surface area (Å²) in [5.74, 6) is -0.221. The first-order chi connectivity index (χ1) is 15.5. The fourth-order valence-electron chi connectivity index (χ4n) is 6.88.